The molecule has 0 fully saturated rings. The number of carboxylic acid groups (broad SMARTS) is 2. The lowest BCUT2D eigenvalue weighted by Crippen LogP contribution is -1.98. The Hall–Kier alpha value is -2.50. The molecule has 1 aromatic rings. The van der Waals surface area contributed by atoms with Gasteiger partial charge in [-0.2, -0.15) is 0 Å². The third kappa shape index (κ3) is 20.6. The highest BCUT2D eigenvalue weighted by molar-refractivity contribution is 5.91. The average Bonchev–Trinajstić information content (AvgIpc) is 2.82. The first-order valence-electron chi connectivity index (χ1n) is 13.5. The molecule has 0 aliphatic rings. The van der Waals surface area contributed by atoms with Crippen LogP contribution in [0, 0.1) is 0 Å². The van der Waals surface area contributed by atoms with E-state index in [4.69, 9.17) is 20.1 Å². The van der Waals surface area contributed by atoms with Crippen molar-refractivity contribution in [3.05, 3.63) is 35.9 Å². The smallest absolute Gasteiger partial charge is 0.339 e. The topological polar surface area (TPSA) is 104 Å². The number of allylic oxidation sites excluding steroid dienone is 2. The summed E-state index contributed by atoms with van der Waals surface area (Å²) in [5.74, 6) is -1.64. The van der Waals surface area contributed by atoms with Gasteiger partial charge in [0.05, 0.1) is 6.61 Å². The minimum Gasteiger partial charge on any atom is -0.507 e. The molecule has 0 aliphatic carbocycles. The van der Waals surface area contributed by atoms with Gasteiger partial charge >= 0.3 is 11.9 Å². The Bertz CT molecular complexity index is 698. The monoisotopic (exact) mass is 492 g/mol. The normalized spacial score (nSPS) is 10.7. The van der Waals surface area contributed by atoms with Crippen LogP contribution >= 0.6 is 0 Å². The van der Waals surface area contributed by atoms with E-state index in [0.717, 1.165) is 12.8 Å². The molecule has 1 rings (SSSR count). The average molecular weight is 493 g/mol. The van der Waals surface area contributed by atoms with Crippen molar-refractivity contribution >= 4 is 11.9 Å². The molecule has 1 aromatic carbocycles. The van der Waals surface area contributed by atoms with Gasteiger partial charge in [-0.25, -0.2) is 4.79 Å². The summed E-state index contributed by atoms with van der Waals surface area (Å²) in [6, 6.07) is 4.11. The maximum atomic E-state index is 10.6. The predicted molar refractivity (Wildman–Crippen MR) is 143 cm³/mol. The van der Waals surface area contributed by atoms with Gasteiger partial charge in [0.25, 0.3) is 0 Å². The predicted octanol–water partition coefficient (Wildman–Crippen LogP) is 8.38. The number of aromatic carboxylic acids is 1. The molecule has 6 nitrogen and oxygen atoms in total. The number of rotatable bonds is 20. The van der Waals surface area contributed by atoms with Crippen LogP contribution in [0.4, 0.5) is 0 Å². The number of aromatic hydroxyl groups is 1. The Morgan fingerprint density at radius 1 is 0.771 bits per heavy atom. The highest BCUT2D eigenvalue weighted by Crippen LogP contribution is 2.22. The number of aliphatic carboxylic acids is 1. The molecule has 3 N–H and O–H groups in total. The number of hydrogen-bond donors (Lipinski definition) is 3. The zero-order chi connectivity index (χ0) is 26.2. The summed E-state index contributed by atoms with van der Waals surface area (Å²) in [5.41, 5.74) is -0.147. The molecule has 0 aliphatic heterocycles. The van der Waals surface area contributed by atoms with E-state index < -0.39 is 11.9 Å². The molecular formula is C29H48O6. The van der Waals surface area contributed by atoms with E-state index in [9.17, 15) is 9.59 Å². The standard InChI is InChI=1S/C20H38O2.C9H10O4/c1-2-3-4-5-6-7-8-9-10-11-12-13-14-15-16-17-18-19-20(21)22;1-2-13-6-3-4-8(10)7(5-6)9(11)12/h9-10H,2-8,11-19H2,1H3,(H,21,22);3-5,10H,2H2,1H3,(H,11,12). The summed E-state index contributed by atoms with van der Waals surface area (Å²) in [6.45, 7) is 4.53. The van der Waals surface area contributed by atoms with Crippen LogP contribution in [0.2, 0.25) is 0 Å². The van der Waals surface area contributed by atoms with E-state index in [1.165, 1.54) is 102 Å². The summed E-state index contributed by atoms with van der Waals surface area (Å²) in [7, 11) is 0. The maximum absolute atomic E-state index is 10.6. The van der Waals surface area contributed by atoms with Gasteiger partial charge in [-0.15, -0.1) is 0 Å². The second-order valence-electron chi connectivity index (χ2n) is 8.85. The molecule has 0 spiro atoms. The Morgan fingerprint density at radius 2 is 1.29 bits per heavy atom. The first-order chi connectivity index (χ1) is 16.9. The summed E-state index contributed by atoms with van der Waals surface area (Å²) >= 11 is 0. The van der Waals surface area contributed by atoms with Gasteiger partial charge in [0.2, 0.25) is 0 Å². The fourth-order valence-electron chi connectivity index (χ4n) is 3.64. The molecule has 0 saturated heterocycles. The fourth-order valence-corrected chi connectivity index (χ4v) is 3.64. The molecule has 0 heterocycles. The molecular weight excluding hydrogens is 444 g/mol. The lowest BCUT2D eigenvalue weighted by Gasteiger charge is -2.04. The van der Waals surface area contributed by atoms with Crippen LogP contribution in [0.15, 0.2) is 30.4 Å². The third-order valence-corrected chi connectivity index (χ3v) is 5.66. The van der Waals surface area contributed by atoms with E-state index in [1.807, 2.05) is 0 Å². The van der Waals surface area contributed by atoms with Crippen molar-refractivity contribution < 1.29 is 29.6 Å². The van der Waals surface area contributed by atoms with E-state index in [1.54, 1.807) is 6.92 Å². The van der Waals surface area contributed by atoms with Crippen molar-refractivity contribution in [1.29, 1.82) is 0 Å². The minimum atomic E-state index is -1.17. The van der Waals surface area contributed by atoms with Crippen molar-refractivity contribution in [2.45, 2.75) is 117 Å². The first-order valence-corrected chi connectivity index (χ1v) is 13.5. The minimum absolute atomic E-state index is 0.147. The summed E-state index contributed by atoms with van der Waals surface area (Å²) in [5, 5.41) is 26.3. The quantitative estimate of drug-likeness (QED) is 0.125. The second-order valence-corrected chi connectivity index (χ2v) is 8.85. The molecule has 0 aromatic heterocycles. The number of carboxylic acids is 2. The van der Waals surface area contributed by atoms with Crippen LogP contribution in [0.1, 0.15) is 127 Å². The molecule has 0 saturated carbocycles. The van der Waals surface area contributed by atoms with Crippen LogP contribution < -0.4 is 4.74 Å². The van der Waals surface area contributed by atoms with Crippen molar-refractivity contribution in [3.63, 3.8) is 0 Å². The highest BCUT2D eigenvalue weighted by atomic mass is 16.5. The second kappa shape index (κ2) is 23.3. The number of carbonyl (C=O) groups is 2. The van der Waals surface area contributed by atoms with Crippen molar-refractivity contribution in [1.82, 2.24) is 0 Å². The maximum Gasteiger partial charge on any atom is 0.339 e. The van der Waals surface area contributed by atoms with E-state index >= 15 is 0 Å². The number of ether oxygens (including phenoxy) is 1. The van der Waals surface area contributed by atoms with Crippen molar-refractivity contribution in [3.8, 4) is 11.5 Å². The van der Waals surface area contributed by atoms with Gasteiger partial charge in [-0.05, 0) is 57.2 Å². The van der Waals surface area contributed by atoms with E-state index in [0.29, 0.717) is 18.8 Å². The summed E-state index contributed by atoms with van der Waals surface area (Å²) in [4.78, 5) is 20.9. The van der Waals surface area contributed by atoms with Crippen molar-refractivity contribution in [2.24, 2.45) is 0 Å². The molecule has 200 valence electrons. The number of unbranched alkanes of at least 4 members (excludes halogenated alkanes) is 13. The molecule has 0 unspecified atom stereocenters. The van der Waals surface area contributed by atoms with Crippen LogP contribution in [-0.4, -0.2) is 33.9 Å². The van der Waals surface area contributed by atoms with Crippen LogP contribution in [-0.2, 0) is 4.79 Å². The number of phenols is 1. The molecule has 0 radical (unpaired) electrons. The Morgan fingerprint density at radius 3 is 1.77 bits per heavy atom. The first kappa shape index (κ1) is 32.5. The Balaban J connectivity index is 0.000000750. The molecule has 35 heavy (non-hydrogen) atoms. The molecule has 0 bridgehead atoms. The van der Waals surface area contributed by atoms with Crippen LogP contribution in [0.25, 0.3) is 0 Å². The zero-order valence-electron chi connectivity index (χ0n) is 22.0. The highest BCUT2D eigenvalue weighted by Gasteiger charge is 2.10. The molecule has 0 amide bonds. The fraction of sp³-hybridized carbons (Fsp3) is 0.655. The van der Waals surface area contributed by atoms with Gasteiger partial charge < -0.3 is 20.1 Å². The Kier molecular flexibility index (Phi) is 21.6. The van der Waals surface area contributed by atoms with E-state index in [2.05, 4.69) is 19.1 Å². The largest absolute Gasteiger partial charge is 0.507 e. The van der Waals surface area contributed by atoms with Gasteiger partial charge in [-0.3, -0.25) is 4.79 Å². The van der Waals surface area contributed by atoms with Crippen molar-refractivity contribution in [2.75, 3.05) is 6.61 Å². The lowest BCUT2D eigenvalue weighted by molar-refractivity contribution is -0.137. The number of hydrogen-bond acceptors (Lipinski definition) is 4. The van der Waals surface area contributed by atoms with Crippen LogP contribution in [0.5, 0.6) is 11.5 Å². The molecule has 6 heteroatoms. The van der Waals surface area contributed by atoms with E-state index in [-0.39, 0.29) is 11.3 Å². The Labute approximate surface area is 212 Å². The van der Waals surface area contributed by atoms with Gasteiger partial charge in [0.1, 0.15) is 17.1 Å². The zero-order valence-corrected chi connectivity index (χ0v) is 22.0. The summed E-state index contributed by atoms with van der Waals surface area (Å²) in [6.07, 6.45) is 24.2. The number of benzene rings is 1. The third-order valence-electron chi connectivity index (χ3n) is 5.66. The lowest BCUT2D eigenvalue weighted by atomic mass is 10.1. The van der Waals surface area contributed by atoms with Gasteiger partial charge in [0.15, 0.2) is 0 Å². The SMILES string of the molecule is CCCCCCCCC=CCCCCCCCCCC(=O)O.CCOc1ccc(O)c(C(=O)O)c1. The molecule has 0 atom stereocenters. The van der Waals surface area contributed by atoms with Gasteiger partial charge in [0, 0.05) is 6.42 Å². The summed E-state index contributed by atoms with van der Waals surface area (Å²) < 4.78 is 5.08. The van der Waals surface area contributed by atoms with Gasteiger partial charge in [-0.1, -0.05) is 83.3 Å². The van der Waals surface area contributed by atoms with Crippen LogP contribution in [0.3, 0.4) is 0 Å².